The summed E-state index contributed by atoms with van der Waals surface area (Å²) in [6.07, 6.45) is -0.144. The van der Waals surface area contributed by atoms with Crippen LogP contribution in [0.4, 0.5) is 5.69 Å². The van der Waals surface area contributed by atoms with Gasteiger partial charge in [-0.05, 0) is 48.9 Å². The van der Waals surface area contributed by atoms with Gasteiger partial charge in [-0.1, -0.05) is 12.2 Å². The molecule has 0 aliphatic heterocycles. The number of amides is 1. The Balaban J connectivity index is 2.18. The number of hydrogen-bond acceptors (Lipinski definition) is 9. The number of ether oxygens (including phenoxy) is 2. The van der Waals surface area contributed by atoms with E-state index in [1.165, 1.54) is 37.3 Å². The molecule has 0 radical (unpaired) electrons. The first-order chi connectivity index (χ1) is 15.2. The number of carbonyl (C=O) groups excluding carboxylic acids is 3. The van der Waals surface area contributed by atoms with Gasteiger partial charge >= 0.3 is 11.9 Å². The normalized spacial score (nSPS) is 10.0. The van der Waals surface area contributed by atoms with Crippen molar-refractivity contribution in [2.75, 3.05) is 11.9 Å². The number of esters is 2. The number of carbonyl (C=O) groups is 3. The summed E-state index contributed by atoms with van der Waals surface area (Å²) < 4.78 is 10.5. The van der Waals surface area contributed by atoms with E-state index in [0.29, 0.717) is 5.56 Å². The van der Waals surface area contributed by atoms with Crippen LogP contribution in [0.2, 0.25) is 0 Å². The zero-order valence-electron chi connectivity index (χ0n) is 16.9. The highest BCUT2D eigenvalue weighted by Gasteiger charge is 2.19. The molecule has 0 heterocycles. The lowest BCUT2D eigenvalue weighted by Crippen LogP contribution is -2.16. The molecule has 0 unspecified atom stereocenters. The highest BCUT2D eigenvalue weighted by molar-refractivity contribution is 7.80. The number of anilines is 1. The zero-order valence-corrected chi connectivity index (χ0v) is 17.7. The molecule has 2 aromatic rings. The van der Waals surface area contributed by atoms with Crippen molar-refractivity contribution >= 4 is 40.7 Å². The van der Waals surface area contributed by atoms with Crippen LogP contribution in [0.1, 0.15) is 35.7 Å². The van der Waals surface area contributed by atoms with Crippen LogP contribution in [0.15, 0.2) is 42.5 Å². The Hall–Kier alpha value is -4.06. The van der Waals surface area contributed by atoms with Gasteiger partial charge in [0.15, 0.2) is 0 Å². The molecule has 0 saturated carbocycles. The Morgan fingerprint density at radius 3 is 2.41 bits per heavy atom. The van der Waals surface area contributed by atoms with Gasteiger partial charge in [-0.3, -0.25) is 9.59 Å². The van der Waals surface area contributed by atoms with Crippen molar-refractivity contribution in [3.8, 4) is 11.5 Å². The standard InChI is InChI=1S/C20H19N3O8S/c1-12(24)22-14-6-9-17(31-18(25)3-2-10-29-23(27)28)16(11-14)20(26)30-15-7-4-13(5-8-15)19(21)32/h4-9,11H,2-3,10H2,1H3,(H2,21,32)(H,22,24). The fourth-order valence-electron chi connectivity index (χ4n) is 2.44. The molecule has 0 aromatic heterocycles. The number of nitrogens with one attached hydrogen (secondary N) is 1. The molecule has 2 rings (SSSR count). The summed E-state index contributed by atoms with van der Waals surface area (Å²) in [5.74, 6) is -1.87. The molecule has 0 atom stereocenters. The predicted molar refractivity (Wildman–Crippen MR) is 116 cm³/mol. The molecule has 1 amide bonds. The maximum absolute atomic E-state index is 12.7. The second-order valence-corrected chi connectivity index (χ2v) is 6.74. The van der Waals surface area contributed by atoms with Gasteiger partial charge in [0.05, 0.1) is 6.61 Å². The van der Waals surface area contributed by atoms with E-state index in [9.17, 15) is 24.5 Å². The molecule has 32 heavy (non-hydrogen) atoms. The predicted octanol–water partition coefficient (Wildman–Crippen LogP) is 2.39. The average Bonchev–Trinajstić information content (AvgIpc) is 2.72. The van der Waals surface area contributed by atoms with Crippen LogP contribution >= 0.6 is 12.2 Å². The van der Waals surface area contributed by atoms with Gasteiger partial charge < -0.3 is 25.4 Å². The lowest BCUT2D eigenvalue weighted by atomic mass is 10.1. The lowest BCUT2D eigenvalue weighted by molar-refractivity contribution is -0.757. The van der Waals surface area contributed by atoms with Gasteiger partial charge in [0.1, 0.15) is 22.1 Å². The third kappa shape index (κ3) is 7.65. The fourth-order valence-corrected chi connectivity index (χ4v) is 2.57. The van der Waals surface area contributed by atoms with Gasteiger partial charge in [0.2, 0.25) is 5.91 Å². The van der Waals surface area contributed by atoms with Gasteiger partial charge in [-0.25, -0.2) is 4.79 Å². The Kier molecular flexibility index (Phi) is 8.60. The minimum atomic E-state index is -0.964. The smallest absolute Gasteiger partial charge is 0.347 e. The first-order valence-corrected chi connectivity index (χ1v) is 9.58. The van der Waals surface area contributed by atoms with Crippen LogP contribution in [0.25, 0.3) is 0 Å². The molecule has 3 N–H and O–H groups in total. The van der Waals surface area contributed by atoms with Crippen molar-refractivity contribution in [3.05, 3.63) is 63.7 Å². The summed E-state index contributed by atoms with van der Waals surface area (Å²) in [6.45, 7) is 1.02. The highest BCUT2D eigenvalue weighted by Crippen LogP contribution is 2.26. The summed E-state index contributed by atoms with van der Waals surface area (Å²) in [4.78, 5) is 50.6. The zero-order chi connectivity index (χ0) is 23.7. The van der Waals surface area contributed by atoms with E-state index in [4.69, 9.17) is 27.4 Å². The molecule has 0 spiro atoms. The minimum Gasteiger partial charge on any atom is -0.426 e. The van der Waals surface area contributed by atoms with Gasteiger partial charge in [0.25, 0.3) is 5.09 Å². The molecule has 12 heteroatoms. The van der Waals surface area contributed by atoms with Crippen molar-refractivity contribution in [2.24, 2.45) is 5.73 Å². The average molecular weight is 461 g/mol. The second kappa shape index (κ2) is 11.4. The third-order valence-corrected chi connectivity index (χ3v) is 4.05. The van der Waals surface area contributed by atoms with E-state index in [1.54, 1.807) is 12.1 Å². The Bertz CT molecular complexity index is 1040. The highest BCUT2D eigenvalue weighted by atomic mass is 32.1. The number of thiocarbonyl (C=S) groups is 1. The SMILES string of the molecule is CC(=O)Nc1ccc(OC(=O)CCCO[N+](=O)[O-])c(C(=O)Oc2ccc(C(N)=S)cc2)c1. The van der Waals surface area contributed by atoms with E-state index in [0.717, 1.165) is 0 Å². The molecule has 11 nitrogen and oxygen atoms in total. The number of rotatable bonds is 10. The van der Waals surface area contributed by atoms with Crippen LogP contribution < -0.4 is 20.5 Å². The van der Waals surface area contributed by atoms with Crippen LogP contribution in [0, 0.1) is 10.1 Å². The quantitative estimate of drug-likeness (QED) is 0.134. The Morgan fingerprint density at radius 2 is 1.81 bits per heavy atom. The summed E-state index contributed by atoms with van der Waals surface area (Å²) in [5.41, 5.74) is 6.29. The summed E-state index contributed by atoms with van der Waals surface area (Å²) in [5, 5.41) is 11.7. The first-order valence-electron chi connectivity index (χ1n) is 9.17. The van der Waals surface area contributed by atoms with Crippen LogP contribution in [-0.2, 0) is 14.4 Å². The first kappa shape index (κ1) is 24.2. The van der Waals surface area contributed by atoms with Crippen molar-refractivity contribution in [1.29, 1.82) is 0 Å². The molecule has 0 fully saturated rings. The van der Waals surface area contributed by atoms with E-state index < -0.39 is 17.0 Å². The van der Waals surface area contributed by atoms with Crippen LogP contribution in [-0.4, -0.2) is 34.5 Å². The topological polar surface area (TPSA) is 160 Å². The lowest BCUT2D eigenvalue weighted by Gasteiger charge is -2.12. The number of benzene rings is 2. The number of nitrogens with zero attached hydrogens (tertiary/aromatic N) is 1. The largest absolute Gasteiger partial charge is 0.426 e. The van der Waals surface area contributed by atoms with Crippen molar-refractivity contribution < 1.29 is 33.8 Å². The minimum absolute atomic E-state index is 0.0406. The summed E-state index contributed by atoms with van der Waals surface area (Å²) in [6, 6.07) is 10.2. The fraction of sp³-hybridized carbons (Fsp3) is 0.200. The Labute approximate surface area is 187 Å². The van der Waals surface area contributed by atoms with Gasteiger partial charge in [0, 0.05) is 24.6 Å². The second-order valence-electron chi connectivity index (χ2n) is 6.30. The van der Waals surface area contributed by atoms with E-state index in [-0.39, 0.29) is 53.1 Å². The van der Waals surface area contributed by atoms with Crippen molar-refractivity contribution in [3.63, 3.8) is 0 Å². The Morgan fingerprint density at radius 1 is 1.12 bits per heavy atom. The van der Waals surface area contributed by atoms with E-state index in [2.05, 4.69) is 10.2 Å². The number of nitrogens with two attached hydrogens (primary N) is 1. The summed E-state index contributed by atoms with van der Waals surface area (Å²) >= 11 is 4.87. The molecular weight excluding hydrogens is 442 g/mol. The molecule has 0 aliphatic carbocycles. The van der Waals surface area contributed by atoms with Gasteiger partial charge in [-0.2, -0.15) is 0 Å². The molecular formula is C20H19N3O8S. The van der Waals surface area contributed by atoms with Crippen LogP contribution in [0.5, 0.6) is 11.5 Å². The molecule has 0 bridgehead atoms. The van der Waals surface area contributed by atoms with Crippen molar-refractivity contribution in [2.45, 2.75) is 19.8 Å². The maximum Gasteiger partial charge on any atom is 0.347 e. The molecule has 0 saturated heterocycles. The number of hydrogen-bond donors (Lipinski definition) is 2. The molecule has 168 valence electrons. The van der Waals surface area contributed by atoms with E-state index >= 15 is 0 Å². The van der Waals surface area contributed by atoms with Crippen molar-refractivity contribution in [1.82, 2.24) is 0 Å². The molecule has 2 aromatic carbocycles. The third-order valence-electron chi connectivity index (χ3n) is 3.81. The van der Waals surface area contributed by atoms with Crippen LogP contribution in [0.3, 0.4) is 0 Å². The maximum atomic E-state index is 12.7. The summed E-state index contributed by atoms with van der Waals surface area (Å²) in [7, 11) is 0. The van der Waals surface area contributed by atoms with E-state index in [1.807, 2.05) is 0 Å². The molecule has 0 aliphatic rings. The monoisotopic (exact) mass is 461 g/mol. The van der Waals surface area contributed by atoms with Gasteiger partial charge in [-0.15, -0.1) is 10.1 Å².